The number of nitrogens with one attached hydrogen (secondary N) is 1. The van der Waals surface area contributed by atoms with Crippen molar-refractivity contribution < 1.29 is 9.59 Å². The molecule has 142 valence electrons. The Kier molecular flexibility index (Phi) is 5.08. The molecule has 5 heteroatoms. The van der Waals surface area contributed by atoms with Gasteiger partial charge in [0.25, 0.3) is 0 Å². The molecule has 1 atom stereocenters. The molecule has 0 saturated carbocycles. The lowest BCUT2D eigenvalue weighted by atomic mass is 10.0. The number of amides is 1. The molecule has 1 aliphatic rings. The molecule has 1 aliphatic heterocycles. The maximum atomic E-state index is 12.8. The molecule has 0 saturated heterocycles. The number of ketones is 1. The van der Waals surface area contributed by atoms with Crippen LogP contribution in [0.2, 0.25) is 0 Å². The highest BCUT2D eigenvalue weighted by Crippen LogP contribution is 2.25. The topological polar surface area (TPSA) is 54.3 Å². The van der Waals surface area contributed by atoms with E-state index in [1.54, 1.807) is 24.3 Å². The average molecular weight is 373 g/mol. The fourth-order valence-corrected chi connectivity index (χ4v) is 3.75. The lowest BCUT2D eigenvalue weighted by Crippen LogP contribution is -2.41. The Hall–Kier alpha value is -3.18. The van der Waals surface area contributed by atoms with Gasteiger partial charge in [-0.2, -0.15) is 0 Å². The smallest absolute Gasteiger partial charge is 0.238 e. The van der Waals surface area contributed by atoms with Gasteiger partial charge in [0, 0.05) is 42.1 Å². The molecule has 2 heterocycles. The maximum absolute atomic E-state index is 12.8. The molecule has 2 aromatic carbocycles. The lowest BCUT2D eigenvalue weighted by Gasteiger charge is -2.34. The van der Waals surface area contributed by atoms with Crippen molar-refractivity contribution in [2.24, 2.45) is 0 Å². The molecule has 1 amide bonds. The number of carbonyl (C=O) groups excluding carboxylic acids is 2. The zero-order valence-electron chi connectivity index (χ0n) is 15.8. The number of rotatable bonds is 5. The Labute approximate surface area is 164 Å². The average Bonchev–Trinajstić information content (AvgIpc) is 3.20. The predicted molar refractivity (Wildman–Crippen MR) is 109 cm³/mol. The van der Waals surface area contributed by atoms with Crippen LogP contribution in [0.25, 0.3) is 0 Å². The van der Waals surface area contributed by atoms with E-state index in [4.69, 9.17) is 0 Å². The third kappa shape index (κ3) is 3.62. The summed E-state index contributed by atoms with van der Waals surface area (Å²) in [6.45, 7) is 4.11. The molecule has 0 spiro atoms. The summed E-state index contributed by atoms with van der Waals surface area (Å²) in [5.74, 6) is -0.208. The molecule has 5 nitrogen and oxygen atoms in total. The second-order valence-corrected chi connectivity index (χ2v) is 7.06. The first kappa shape index (κ1) is 18.2. The summed E-state index contributed by atoms with van der Waals surface area (Å²) in [5.41, 5.74) is 2.88. The van der Waals surface area contributed by atoms with E-state index >= 15 is 0 Å². The molecule has 0 unspecified atom stereocenters. The van der Waals surface area contributed by atoms with Crippen molar-refractivity contribution >= 4 is 17.4 Å². The van der Waals surface area contributed by atoms with Crippen molar-refractivity contribution in [3.8, 4) is 0 Å². The summed E-state index contributed by atoms with van der Waals surface area (Å²) in [7, 11) is 0. The van der Waals surface area contributed by atoms with E-state index in [0.717, 1.165) is 13.1 Å². The van der Waals surface area contributed by atoms with Gasteiger partial charge in [-0.25, -0.2) is 0 Å². The van der Waals surface area contributed by atoms with E-state index < -0.39 is 0 Å². The first-order chi connectivity index (χ1) is 13.6. The van der Waals surface area contributed by atoms with E-state index in [1.165, 1.54) is 5.69 Å². The summed E-state index contributed by atoms with van der Waals surface area (Å²) in [4.78, 5) is 27.7. The van der Waals surface area contributed by atoms with Gasteiger partial charge >= 0.3 is 0 Å². The van der Waals surface area contributed by atoms with Crippen LogP contribution >= 0.6 is 0 Å². The number of aromatic nitrogens is 1. The molecule has 1 N–H and O–H groups in total. The van der Waals surface area contributed by atoms with Crippen LogP contribution < -0.4 is 5.32 Å². The Morgan fingerprint density at radius 2 is 1.71 bits per heavy atom. The molecule has 0 bridgehead atoms. The highest BCUT2D eigenvalue weighted by molar-refractivity contribution is 6.13. The summed E-state index contributed by atoms with van der Waals surface area (Å²) in [5, 5.41) is 2.94. The Morgan fingerprint density at radius 3 is 2.54 bits per heavy atom. The van der Waals surface area contributed by atoms with Crippen molar-refractivity contribution in [2.45, 2.75) is 19.5 Å². The summed E-state index contributed by atoms with van der Waals surface area (Å²) in [6.07, 6.45) is 2.08. The van der Waals surface area contributed by atoms with Crippen molar-refractivity contribution in [3.05, 3.63) is 89.7 Å². The van der Waals surface area contributed by atoms with Gasteiger partial charge in [0.15, 0.2) is 5.78 Å². The van der Waals surface area contributed by atoms with Gasteiger partial charge in [-0.05, 0) is 31.2 Å². The van der Waals surface area contributed by atoms with Crippen LogP contribution in [0.15, 0.2) is 72.9 Å². The summed E-state index contributed by atoms with van der Waals surface area (Å²) < 4.78 is 2.23. The SMILES string of the molecule is C[C@@H]1c2cccn2CCN1CC(=O)Nc1ccccc1C(=O)c1ccccc1. The number of para-hydroxylation sites is 1. The second-order valence-electron chi connectivity index (χ2n) is 7.06. The zero-order valence-corrected chi connectivity index (χ0v) is 15.8. The van der Waals surface area contributed by atoms with Gasteiger partial charge in [0.05, 0.1) is 12.2 Å². The van der Waals surface area contributed by atoms with Crippen LogP contribution in [0.3, 0.4) is 0 Å². The molecule has 0 aliphatic carbocycles. The molecule has 0 fully saturated rings. The molecule has 1 aromatic heterocycles. The molecule has 4 rings (SSSR count). The van der Waals surface area contributed by atoms with Crippen molar-refractivity contribution in [3.63, 3.8) is 0 Å². The molecule has 3 aromatic rings. The van der Waals surface area contributed by atoms with E-state index in [-0.39, 0.29) is 17.7 Å². The van der Waals surface area contributed by atoms with Crippen LogP contribution in [0.1, 0.15) is 34.6 Å². The number of hydrogen-bond acceptors (Lipinski definition) is 3. The highest BCUT2D eigenvalue weighted by Gasteiger charge is 2.25. The second kappa shape index (κ2) is 7.82. The van der Waals surface area contributed by atoms with Crippen LogP contribution in [-0.2, 0) is 11.3 Å². The van der Waals surface area contributed by atoms with Crippen LogP contribution in [0.5, 0.6) is 0 Å². The fraction of sp³-hybridized carbons (Fsp3) is 0.217. The van der Waals surface area contributed by atoms with Crippen LogP contribution in [-0.4, -0.2) is 34.2 Å². The normalized spacial score (nSPS) is 16.4. The number of benzene rings is 2. The summed E-state index contributed by atoms with van der Waals surface area (Å²) in [6, 6.07) is 20.6. The quantitative estimate of drug-likeness (QED) is 0.693. The Balaban J connectivity index is 1.48. The van der Waals surface area contributed by atoms with E-state index in [1.807, 2.05) is 36.4 Å². The van der Waals surface area contributed by atoms with Crippen molar-refractivity contribution in [1.29, 1.82) is 0 Å². The standard InChI is InChI=1S/C23H23N3O2/c1-17-21-12-7-13-25(21)14-15-26(17)16-22(27)24-20-11-6-5-10-19(20)23(28)18-8-3-2-4-9-18/h2-13,17H,14-16H2,1H3,(H,24,27)/t17-/m1/s1. The first-order valence-corrected chi connectivity index (χ1v) is 9.51. The van der Waals surface area contributed by atoms with Gasteiger partial charge in [-0.1, -0.05) is 42.5 Å². The molecular weight excluding hydrogens is 350 g/mol. The van der Waals surface area contributed by atoms with Crippen molar-refractivity contribution in [2.75, 3.05) is 18.4 Å². The van der Waals surface area contributed by atoms with Gasteiger partial charge in [-0.15, -0.1) is 0 Å². The lowest BCUT2D eigenvalue weighted by molar-refractivity contribution is -0.118. The number of fused-ring (bicyclic) bond motifs is 1. The minimum atomic E-state index is -0.111. The van der Waals surface area contributed by atoms with E-state index in [2.05, 4.69) is 34.0 Å². The maximum Gasteiger partial charge on any atom is 0.238 e. The van der Waals surface area contributed by atoms with Crippen molar-refractivity contribution in [1.82, 2.24) is 9.47 Å². The van der Waals surface area contributed by atoms with Gasteiger partial charge < -0.3 is 9.88 Å². The number of carbonyl (C=O) groups is 2. The fourth-order valence-electron chi connectivity index (χ4n) is 3.75. The molecule has 28 heavy (non-hydrogen) atoms. The zero-order chi connectivity index (χ0) is 19.5. The largest absolute Gasteiger partial charge is 0.349 e. The monoisotopic (exact) mass is 373 g/mol. The third-order valence-electron chi connectivity index (χ3n) is 5.30. The Morgan fingerprint density at radius 1 is 0.964 bits per heavy atom. The first-order valence-electron chi connectivity index (χ1n) is 9.51. The number of anilines is 1. The predicted octanol–water partition coefficient (Wildman–Crippen LogP) is 3.73. The molecular formula is C23H23N3O2. The minimum absolute atomic E-state index is 0.0966. The Bertz CT molecular complexity index is 994. The minimum Gasteiger partial charge on any atom is -0.349 e. The van der Waals surface area contributed by atoms with Crippen LogP contribution in [0, 0.1) is 0 Å². The third-order valence-corrected chi connectivity index (χ3v) is 5.30. The van der Waals surface area contributed by atoms with Gasteiger partial charge in [0.2, 0.25) is 5.91 Å². The summed E-state index contributed by atoms with van der Waals surface area (Å²) >= 11 is 0. The highest BCUT2D eigenvalue weighted by atomic mass is 16.2. The van der Waals surface area contributed by atoms with Gasteiger partial charge in [-0.3, -0.25) is 14.5 Å². The van der Waals surface area contributed by atoms with E-state index in [0.29, 0.717) is 23.4 Å². The number of hydrogen-bond donors (Lipinski definition) is 1. The number of nitrogens with zero attached hydrogens (tertiary/aromatic N) is 2. The van der Waals surface area contributed by atoms with Gasteiger partial charge in [0.1, 0.15) is 0 Å². The van der Waals surface area contributed by atoms with Crippen LogP contribution in [0.4, 0.5) is 5.69 Å². The molecule has 0 radical (unpaired) electrons. The van der Waals surface area contributed by atoms with E-state index in [9.17, 15) is 9.59 Å².